The summed E-state index contributed by atoms with van der Waals surface area (Å²) in [6.45, 7) is 7.09. The second kappa shape index (κ2) is 7.96. The summed E-state index contributed by atoms with van der Waals surface area (Å²) in [5.74, 6) is 1.82. The van der Waals surface area contributed by atoms with Crippen molar-refractivity contribution < 1.29 is 9.13 Å². The average molecular weight is 457 g/mol. The van der Waals surface area contributed by atoms with Crippen LogP contribution < -0.4 is 10.2 Å². The van der Waals surface area contributed by atoms with E-state index >= 15 is 4.39 Å². The third-order valence-electron chi connectivity index (χ3n) is 7.31. The van der Waals surface area contributed by atoms with Gasteiger partial charge < -0.3 is 15.0 Å². The maximum atomic E-state index is 15.4. The fourth-order valence-corrected chi connectivity index (χ4v) is 5.43. The summed E-state index contributed by atoms with van der Waals surface area (Å²) in [4.78, 5) is 11.3. The highest BCUT2D eigenvalue weighted by molar-refractivity contribution is 5.94. The minimum Gasteiger partial charge on any atom is -0.381 e. The topological polar surface area (TPSA) is 78.5 Å². The number of imidazole rings is 1. The number of anilines is 2. The Morgan fingerprint density at radius 2 is 2.03 bits per heavy atom. The molecule has 0 radical (unpaired) electrons. The smallest absolute Gasteiger partial charge is 0.236 e. The number of benzene rings is 2. The van der Waals surface area contributed by atoms with Gasteiger partial charge in [0.25, 0.3) is 0 Å². The average Bonchev–Trinajstić information content (AvgIpc) is 3.55. The molecule has 0 bridgehead atoms. The Morgan fingerprint density at radius 3 is 2.79 bits per heavy atom. The molecule has 34 heavy (non-hydrogen) atoms. The molecule has 0 spiro atoms. The van der Waals surface area contributed by atoms with E-state index in [0.29, 0.717) is 40.2 Å². The maximum Gasteiger partial charge on any atom is 0.236 e. The highest BCUT2D eigenvalue weighted by Gasteiger charge is 2.38. The van der Waals surface area contributed by atoms with Crippen LogP contribution in [0.1, 0.15) is 29.7 Å². The standard InChI is InChI=1S/C26H25FN6O/c1-15-17(10-28)4-3-5-20(15)16(2)30-25-21-8-24(32-11-18-13-34-14-19(18)12-32)22(27)9-23(21)33-7-6-29-26(33)31-25/h3-9,16,18-19H,11-14H2,1-2H3,(H,29,30,31)/t16-,18-,19+/m1/s1. The van der Waals surface area contributed by atoms with E-state index in [4.69, 9.17) is 9.72 Å². The lowest BCUT2D eigenvalue weighted by atomic mass is 9.98. The van der Waals surface area contributed by atoms with Crippen LogP contribution in [0.3, 0.4) is 0 Å². The van der Waals surface area contributed by atoms with Gasteiger partial charge in [0.05, 0.1) is 42.1 Å². The summed E-state index contributed by atoms with van der Waals surface area (Å²) >= 11 is 0. The first-order chi connectivity index (χ1) is 16.5. The van der Waals surface area contributed by atoms with Crippen molar-refractivity contribution in [2.24, 2.45) is 11.8 Å². The van der Waals surface area contributed by atoms with Crippen LogP contribution in [0.5, 0.6) is 0 Å². The lowest BCUT2D eigenvalue weighted by molar-refractivity contribution is 0.177. The van der Waals surface area contributed by atoms with Crippen molar-refractivity contribution >= 4 is 28.2 Å². The number of aromatic nitrogens is 3. The summed E-state index contributed by atoms with van der Waals surface area (Å²) in [7, 11) is 0. The highest BCUT2D eigenvalue weighted by atomic mass is 19.1. The second-order valence-corrected chi connectivity index (χ2v) is 9.34. The van der Waals surface area contributed by atoms with E-state index in [1.807, 2.05) is 42.5 Å². The molecule has 3 atom stereocenters. The quantitative estimate of drug-likeness (QED) is 0.489. The number of ether oxygens (including phenoxy) is 1. The largest absolute Gasteiger partial charge is 0.381 e. The van der Waals surface area contributed by atoms with Gasteiger partial charge >= 0.3 is 0 Å². The first-order valence-corrected chi connectivity index (χ1v) is 11.6. The molecule has 4 heterocycles. The number of halogens is 1. The van der Waals surface area contributed by atoms with Crippen LogP contribution in [0.4, 0.5) is 15.9 Å². The summed E-state index contributed by atoms with van der Waals surface area (Å²) in [5.41, 5.74) is 3.92. The fraction of sp³-hybridized carbons (Fsp3) is 0.346. The molecule has 0 saturated carbocycles. The predicted octanol–water partition coefficient (Wildman–Crippen LogP) is 4.46. The number of nitriles is 1. The van der Waals surface area contributed by atoms with Gasteiger partial charge in [0.15, 0.2) is 0 Å². The van der Waals surface area contributed by atoms with Gasteiger partial charge in [-0.3, -0.25) is 4.40 Å². The summed E-state index contributed by atoms with van der Waals surface area (Å²) in [6, 6.07) is 11.4. The van der Waals surface area contributed by atoms with Crippen molar-refractivity contribution in [3.05, 3.63) is 65.2 Å². The van der Waals surface area contributed by atoms with Crippen molar-refractivity contribution in [1.29, 1.82) is 5.26 Å². The van der Waals surface area contributed by atoms with Gasteiger partial charge in [-0.15, -0.1) is 0 Å². The van der Waals surface area contributed by atoms with Crippen LogP contribution in [0.15, 0.2) is 42.7 Å². The molecule has 6 rings (SSSR count). The van der Waals surface area contributed by atoms with Crippen molar-refractivity contribution in [3.8, 4) is 6.07 Å². The van der Waals surface area contributed by atoms with Gasteiger partial charge in [0.1, 0.15) is 11.6 Å². The number of fused-ring (bicyclic) bond motifs is 4. The van der Waals surface area contributed by atoms with Crippen molar-refractivity contribution in [2.45, 2.75) is 19.9 Å². The normalized spacial score (nSPS) is 20.6. The third kappa shape index (κ3) is 3.27. The van der Waals surface area contributed by atoms with E-state index in [2.05, 4.69) is 21.3 Å². The molecular weight excluding hydrogens is 431 g/mol. The van der Waals surface area contributed by atoms with Gasteiger partial charge in [-0.25, -0.2) is 9.37 Å². The Hall–Kier alpha value is -3.70. The zero-order valence-electron chi connectivity index (χ0n) is 19.1. The number of nitrogens with one attached hydrogen (secondary N) is 1. The zero-order valence-corrected chi connectivity index (χ0v) is 19.1. The number of hydrogen-bond acceptors (Lipinski definition) is 6. The Kier molecular flexibility index (Phi) is 4.89. The summed E-state index contributed by atoms with van der Waals surface area (Å²) in [5, 5.41) is 13.8. The number of rotatable bonds is 4. The molecule has 2 saturated heterocycles. The maximum absolute atomic E-state index is 15.4. The molecular formula is C26H25FN6O. The lowest BCUT2D eigenvalue weighted by Gasteiger charge is -2.23. The van der Waals surface area contributed by atoms with E-state index in [-0.39, 0.29) is 11.9 Å². The molecule has 2 aromatic heterocycles. The Bertz CT molecular complexity index is 1450. The van der Waals surface area contributed by atoms with Crippen LogP contribution in [0, 0.1) is 35.9 Å². The van der Waals surface area contributed by atoms with E-state index in [9.17, 15) is 5.26 Å². The van der Waals surface area contributed by atoms with Crippen LogP contribution in [-0.2, 0) is 4.74 Å². The van der Waals surface area contributed by atoms with E-state index in [0.717, 1.165) is 42.8 Å². The molecule has 172 valence electrons. The Balaban J connectivity index is 1.44. The summed E-state index contributed by atoms with van der Waals surface area (Å²) in [6.07, 6.45) is 3.47. The molecule has 1 N–H and O–H groups in total. The van der Waals surface area contributed by atoms with E-state index < -0.39 is 0 Å². The van der Waals surface area contributed by atoms with E-state index in [1.165, 1.54) is 0 Å². The summed E-state index contributed by atoms with van der Waals surface area (Å²) < 4.78 is 22.8. The fourth-order valence-electron chi connectivity index (χ4n) is 5.43. The van der Waals surface area contributed by atoms with Gasteiger partial charge in [-0.1, -0.05) is 12.1 Å². The van der Waals surface area contributed by atoms with Crippen LogP contribution in [0.2, 0.25) is 0 Å². The third-order valence-corrected chi connectivity index (χ3v) is 7.31. The molecule has 0 unspecified atom stereocenters. The number of hydrogen-bond donors (Lipinski definition) is 1. The van der Waals surface area contributed by atoms with Crippen LogP contribution in [-0.4, -0.2) is 40.7 Å². The Labute approximate surface area is 196 Å². The van der Waals surface area contributed by atoms with Gasteiger partial charge in [0.2, 0.25) is 5.78 Å². The van der Waals surface area contributed by atoms with Gasteiger partial charge in [0, 0.05) is 48.8 Å². The second-order valence-electron chi connectivity index (χ2n) is 9.34. The molecule has 2 fully saturated rings. The van der Waals surface area contributed by atoms with E-state index in [1.54, 1.807) is 18.5 Å². The molecule has 2 aromatic carbocycles. The first kappa shape index (κ1) is 20.9. The molecule has 2 aliphatic heterocycles. The Morgan fingerprint density at radius 1 is 1.24 bits per heavy atom. The molecule has 4 aromatic rings. The minimum absolute atomic E-state index is 0.113. The minimum atomic E-state index is -0.244. The molecule has 0 amide bonds. The highest BCUT2D eigenvalue weighted by Crippen LogP contribution is 2.37. The van der Waals surface area contributed by atoms with Crippen molar-refractivity contribution in [2.75, 3.05) is 36.5 Å². The van der Waals surface area contributed by atoms with Crippen molar-refractivity contribution in [3.63, 3.8) is 0 Å². The molecule has 8 heteroatoms. The molecule has 7 nitrogen and oxygen atoms in total. The monoisotopic (exact) mass is 456 g/mol. The number of nitrogens with zero attached hydrogens (tertiary/aromatic N) is 5. The first-order valence-electron chi connectivity index (χ1n) is 11.6. The van der Waals surface area contributed by atoms with Gasteiger partial charge in [-0.2, -0.15) is 10.2 Å². The zero-order chi connectivity index (χ0) is 23.4. The van der Waals surface area contributed by atoms with Gasteiger partial charge in [-0.05, 0) is 37.1 Å². The lowest BCUT2D eigenvalue weighted by Crippen LogP contribution is -2.23. The SMILES string of the molecule is Cc1c(C#N)cccc1[C@@H](C)Nc1nc2nccn2c2cc(F)c(N3C[C@H]4COC[C@H]4C3)cc12. The van der Waals surface area contributed by atoms with Crippen LogP contribution in [0.25, 0.3) is 16.7 Å². The van der Waals surface area contributed by atoms with Crippen molar-refractivity contribution in [1.82, 2.24) is 14.4 Å². The molecule has 0 aliphatic carbocycles. The van der Waals surface area contributed by atoms with Crippen LogP contribution >= 0.6 is 0 Å². The molecule has 2 aliphatic rings. The predicted molar refractivity (Wildman–Crippen MR) is 128 cm³/mol.